The number of methoxy groups -OCH3 is 1. The first-order valence-corrected chi connectivity index (χ1v) is 7.24. The van der Waals surface area contributed by atoms with E-state index in [0.29, 0.717) is 12.1 Å². The first kappa shape index (κ1) is 14.4. The number of anilines is 1. The Labute approximate surface area is 130 Å². The van der Waals surface area contributed by atoms with Gasteiger partial charge in [-0.1, -0.05) is 12.1 Å². The van der Waals surface area contributed by atoms with Crippen LogP contribution in [0, 0.1) is 0 Å². The largest absolute Gasteiger partial charge is 0.497 e. The van der Waals surface area contributed by atoms with E-state index in [2.05, 4.69) is 0 Å². The Morgan fingerprint density at radius 2 is 1.82 bits per heavy atom. The van der Waals surface area contributed by atoms with Gasteiger partial charge in [0, 0.05) is 5.56 Å². The van der Waals surface area contributed by atoms with Crippen molar-refractivity contribution < 1.29 is 14.3 Å². The van der Waals surface area contributed by atoms with Crippen LogP contribution >= 0.6 is 0 Å². The molecule has 1 amide bonds. The maximum atomic E-state index is 12.9. The SMILES string of the molecule is COc1ccc(C(=O)N2CC(C)(C)Oc3ccccc32)cc1. The number of nitrogens with zero attached hydrogens (tertiary/aromatic N) is 1. The van der Waals surface area contributed by atoms with Crippen LogP contribution in [0.25, 0.3) is 0 Å². The summed E-state index contributed by atoms with van der Waals surface area (Å²) in [6, 6.07) is 14.8. The minimum absolute atomic E-state index is 0.0357. The predicted octanol–water partition coefficient (Wildman–Crippen LogP) is 3.51. The van der Waals surface area contributed by atoms with Crippen LogP contribution in [0.1, 0.15) is 24.2 Å². The van der Waals surface area contributed by atoms with Crippen molar-refractivity contribution in [1.82, 2.24) is 0 Å². The Morgan fingerprint density at radius 1 is 1.14 bits per heavy atom. The topological polar surface area (TPSA) is 38.8 Å². The molecule has 4 nitrogen and oxygen atoms in total. The van der Waals surface area contributed by atoms with Crippen molar-refractivity contribution >= 4 is 11.6 Å². The normalized spacial score (nSPS) is 15.7. The highest BCUT2D eigenvalue weighted by Gasteiger charge is 2.34. The number of carbonyl (C=O) groups is 1. The predicted molar refractivity (Wildman–Crippen MR) is 85.8 cm³/mol. The van der Waals surface area contributed by atoms with Gasteiger partial charge in [-0.25, -0.2) is 0 Å². The summed E-state index contributed by atoms with van der Waals surface area (Å²) in [4.78, 5) is 14.7. The highest BCUT2D eigenvalue weighted by molar-refractivity contribution is 6.07. The second kappa shape index (κ2) is 5.37. The van der Waals surface area contributed by atoms with E-state index < -0.39 is 5.60 Å². The van der Waals surface area contributed by atoms with E-state index in [4.69, 9.17) is 9.47 Å². The molecule has 22 heavy (non-hydrogen) atoms. The van der Waals surface area contributed by atoms with Gasteiger partial charge in [0.1, 0.15) is 17.1 Å². The van der Waals surface area contributed by atoms with Crippen LogP contribution < -0.4 is 14.4 Å². The third kappa shape index (κ3) is 2.64. The average Bonchev–Trinajstić information content (AvgIpc) is 2.52. The lowest BCUT2D eigenvalue weighted by Crippen LogP contribution is -2.49. The van der Waals surface area contributed by atoms with Gasteiger partial charge in [-0.15, -0.1) is 0 Å². The highest BCUT2D eigenvalue weighted by atomic mass is 16.5. The van der Waals surface area contributed by atoms with Crippen molar-refractivity contribution in [1.29, 1.82) is 0 Å². The molecule has 0 spiro atoms. The maximum absolute atomic E-state index is 12.9. The summed E-state index contributed by atoms with van der Waals surface area (Å²) in [6.45, 7) is 4.48. The number of carbonyl (C=O) groups excluding carboxylic acids is 1. The molecule has 0 atom stereocenters. The molecule has 0 saturated heterocycles. The molecule has 0 unspecified atom stereocenters. The molecule has 0 radical (unpaired) electrons. The van der Waals surface area contributed by atoms with Crippen molar-refractivity contribution in [2.24, 2.45) is 0 Å². The number of amides is 1. The number of benzene rings is 2. The molecule has 4 heteroatoms. The minimum Gasteiger partial charge on any atom is -0.497 e. The van der Waals surface area contributed by atoms with Gasteiger partial charge in [0.2, 0.25) is 0 Å². The second-order valence-electron chi connectivity index (χ2n) is 5.95. The lowest BCUT2D eigenvalue weighted by Gasteiger charge is -2.39. The summed E-state index contributed by atoms with van der Waals surface area (Å²) >= 11 is 0. The summed E-state index contributed by atoms with van der Waals surface area (Å²) in [6.07, 6.45) is 0. The Hall–Kier alpha value is -2.49. The zero-order valence-corrected chi connectivity index (χ0v) is 13.0. The molecule has 114 valence electrons. The molecule has 1 aliphatic rings. The molecular weight excluding hydrogens is 278 g/mol. The summed E-state index contributed by atoms with van der Waals surface area (Å²) in [5.74, 6) is 1.44. The standard InChI is InChI=1S/C18H19NO3/c1-18(2)12-19(15-6-4-5-7-16(15)22-18)17(20)13-8-10-14(21-3)11-9-13/h4-11H,12H2,1-3H3. The second-order valence-corrected chi connectivity index (χ2v) is 5.95. The Balaban J connectivity index is 1.97. The summed E-state index contributed by atoms with van der Waals surface area (Å²) in [7, 11) is 1.61. The van der Waals surface area contributed by atoms with Gasteiger partial charge in [-0.05, 0) is 50.2 Å². The minimum atomic E-state index is -0.420. The zero-order valence-electron chi connectivity index (χ0n) is 13.0. The van der Waals surface area contributed by atoms with Gasteiger partial charge in [0.05, 0.1) is 19.3 Å². The fourth-order valence-electron chi connectivity index (χ4n) is 2.63. The molecule has 2 aromatic carbocycles. The number of ether oxygens (including phenoxy) is 2. The van der Waals surface area contributed by atoms with Crippen LogP contribution in [0.15, 0.2) is 48.5 Å². The zero-order chi connectivity index (χ0) is 15.7. The van der Waals surface area contributed by atoms with Crippen molar-refractivity contribution in [2.45, 2.75) is 19.4 Å². The molecular formula is C18H19NO3. The number of hydrogen-bond donors (Lipinski definition) is 0. The first-order valence-electron chi connectivity index (χ1n) is 7.24. The third-order valence-electron chi connectivity index (χ3n) is 3.66. The van der Waals surface area contributed by atoms with Gasteiger partial charge < -0.3 is 14.4 Å². The van der Waals surface area contributed by atoms with Gasteiger partial charge in [-0.2, -0.15) is 0 Å². The fourth-order valence-corrected chi connectivity index (χ4v) is 2.63. The van der Waals surface area contributed by atoms with Crippen LogP contribution in [0.5, 0.6) is 11.5 Å². The van der Waals surface area contributed by atoms with Crippen LogP contribution in [0.4, 0.5) is 5.69 Å². The Bertz CT molecular complexity index is 692. The number of fused-ring (bicyclic) bond motifs is 1. The lowest BCUT2D eigenvalue weighted by atomic mass is 10.0. The van der Waals surface area contributed by atoms with Gasteiger partial charge >= 0.3 is 0 Å². The van der Waals surface area contributed by atoms with Gasteiger partial charge in [0.15, 0.2) is 0 Å². The molecule has 0 fully saturated rings. The van der Waals surface area contributed by atoms with Crippen LogP contribution in [0.2, 0.25) is 0 Å². The van der Waals surface area contributed by atoms with Crippen LogP contribution in [-0.2, 0) is 0 Å². The summed E-state index contributed by atoms with van der Waals surface area (Å²) in [5.41, 5.74) is 1.02. The average molecular weight is 297 g/mol. The summed E-state index contributed by atoms with van der Waals surface area (Å²) in [5, 5.41) is 0. The van der Waals surface area contributed by atoms with E-state index in [1.165, 1.54) is 0 Å². The third-order valence-corrected chi connectivity index (χ3v) is 3.66. The first-order chi connectivity index (χ1) is 10.5. The van der Waals surface area contributed by atoms with Crippen molar-refractivity contribution in [3.63, 3.8) is 0 Å². The molecule has 0 bridgehead atoms. The van der Waals surface area contributed by atoms with E-state index in [0.717, 1.165) is 17.2 Å². The van der Waals surface area contributed by atoms with Crippen molar-refractivity contribution in [3.05, 3.63) is 54.1 Å². The van der Waals surface area contributed by atoms with Crippen LogP contribution in [-0.4, -0.2) is 25.2 Å². The van der Waals surface area contributed by atoms with Crippen LogP contribution in [0.3, 0.4) is 0 Å². The highest BCUT2D eigenvalue weighted by Crippen LogP contribution is 2.37. The number of para-hydroxylation sites is 2. The van der Waals surface area contributed by atoms with Crippen molar-refractivity contribution in [2.75, 3.05) is 18.6 Å². The lowest BCUT2D eigenvalue weighted by molar-refractivity contribution is 0.0837. The van der Waals surface area contributed by atoms with E-state index in [-0.39, 0.29) is 5.91 Å². The quantitative estimate of drug-likeness (QED) is 0.851. The molecule has 0 N–H and O–H groups in total. The Morgan fingerprint density at radius 3 is 2.50 bits per heavy atom. The van der Waals surface area contributed by atoms with E-state index in [9.17, 15) is 4.79 Å². The molecule has 1 aliphatic heterocycles. The molecule has 0 aliphatic carbocycles. The van der Waals surface area contributed by atoms with E-state index >= 15 is 0 Å². The molecule has 0 saturated carbocycles. The van der Waals surface area contributed by atoms with E-state index in [1.807, 2.05) is 38.1 Å². The van der Waals surface area contributed by atoms with Crippen molar-refractivity contribution in [3.8, 4) is 11.5 Å². The van der Waals surface area contributed by atoms with E-state index in [1.54, 1.807) is 36.3 Å². The number of hydrogen-bond acceptors (Lipinski definition) is 3. The molecule has 3 rings (SSSR count). The van der Waals surface area contributed by atoms with Gasteiger partial charge in [0.25, 0.3) is 5.91 Å². The molecule has 0 aromatic heterocycles. The summed E-state index contributed by atoms with van der Waals surface area (Å²) < 4.78 is 11.1. The fraction of sp³-hybridized carbons (Fsp3) is 0.278. The maximum Gasteiger partial charge on any atom is 0.258 e. The smallest absolute Gasteiger partial charge is 0.258 e. The monoisotopic (exact) mass is 297 g/mol. The number of rotatable bonds is 2. The molecule has 1 heterocycles. The molecule has 2 aromatic rings. The van der Waals surface area contributed by atoms with Gasteiger partial charge in [-0.3, -0.25) is 4.79 Å². The Kier molecular flexibility index (Phi) is 3.53.